The monoisotopic (exact) mass is 313 g/mol. The summed E-state index contributed by atoms with van der Waals surface area (Å²) in [5, 5.41) is 7.14. The average molecular weight is 313 g/mol. The minimum Gasteiger partial charge on any atom is -0.361 e. The lowest BCUT2D eigenvalue weighted by Gasteiger charge is -2.23. The summed E-state index contributed by atoms with van der Waals surface area (Å²) in [5.74, 6) is 1.17. The van der Waals surface area contributed by atoms with Gasteiger partial charge in [-0.15, -0.1) is 0 Å². The van der Waals surface area contributed by atoms with Gasteiger partial charge in [0.25, 0.3) is 0 Å². The van der Waals surface area contributed by atoms with E-state index in [0.717, 1.165) is 36.5 Å². The van der Waals surface area contributed by atoms with Gasteiger partial charge in [-0.25, -0.2) is 4.79 Å². The van der Waals surface area contributed by atoms with E-state index in [4.69, 9.17) is 4.52 Å². The molecule has 1 atom stereocenters. The van der Waals surface area contributed by atoms with E-state index in [1.54, 1.807) is 0 Å². The van der Waals surface area contributed by atoms with Crippen molar-refractivity contribution in [1.29, 1.82) is 0 Å². The molecule has 0 aliphatic carbocycles. The normalized spacial score (nSPS) is 17.7. The molecule has 0 bridgehead atoms. The molecule has 3 rings (SSSR count). The molecule has 122 valence electrons. The molecule has 0 saturated carbocycles. The highest BCUT2D eigenvalue weighted by Gasteiger charge is 2.32. The summed E-state index contributed by atoms with van der Waals surface area (Å²) in [6.45, 7) is 6.91. The number of aromatic nitrogens is 1. The van der Waals surface area contributed by atoms with Crippen LogP contribution in [0.4, 0.5) is 10.5 Å². The molecule has 1 aromatic heterocycles. The summed E-state index contributed by atoms with van der Waals surface area (Å²) in [5.41, 5.74) is 2.84. The highest BCUT2D eigenvalue weighted by Crippen LogP contribution is 2.33. The van der Waals surface area contributed by atoms with Crippen molar-refractivity contribution < 1.29 is 9.32 Å². The second-order valence-electron chi connectivity index (χ2n) is 6.46. The smallest absolute Gasteiger partial charge is 0.322 e. The van der Waals surface area contributed by atoms with E-state index in [1.165, 1.54) is 5.56 Å². The van der Waals surface area contributed by atoms with Crippen LogP contribution in [0.2, 0.25) is 0 Å². The van der Waals surface area contributed by atoms with Crippen molar-refractivity contribution in [3.63, 3.8) is 0 Å². The first-order valence-corrected chi connectivity index (χ1v) is 8.15. The average Bonchev–Trinajstić information content (AvgIpc) is 3.17. The quantitative estimate of drug-likeness (QED) is 0.909. The maximum Gasteiger partial charge on any atom is 0.322 e. The predicted molar refractivity (Wildman–Crippen MR) is 89.5 cm³/mol. The Balaban J connectivity index is 1.72. The van der Waals surface area contributed by atoms with Gasteiger partial charge in [-0.2, -0.15) is 0 Å². The number of benzene rings is 1. The van der Waals surface area contributed by atoms with E-state index in [-0.39, 0.29) is 12.1 Å². The molecule has 0 spiro atoms. The molecule has 1 aliphatic heterocycles. The van der Waals surface area contributed by atoms with Crippen LogP contribution >= 0.6 is 0 Å². The Morgan fingerprint density at radius 1 is 1.35 bits per heavy atom. The topological polar surface area (TPSA) is 58.4 Å². The minimum atomic E-state index is -0.0783. The number of anilines is 1. The van der Waals surface area contributed by atoms with Crippen LogP contribution in [-0.4, -0.2) is 22.6 Å². The number of hydrogen-bond donors (Lipinski definition) is 1. The van der Waals surface area contributed by atoms with Crippen LogP contribution in [0, 0.1) is 6.92 Å². The highest BCUT2D eigenvalue weighted by molar-refractivity contribution is 5.89. The lowest BCUT2D eigenvalue weighted by atomic mass is 10.1. The fraction of sp³-hybridized carbons (Fsp3) is 0.444. The Morgan fingerprint density at radius 3 is 2.74 bits per heavy atom. The van der Waals surface area contributed by atoms with Crippen molar-refractivity contribution >= 4 is 11.7 Å². The number of urea groups is 1. The molecule has 1 N–H and O–H groups in total. The predicted octanol–water partition coefficient (Wildman–Crippen LogP) is 4.48. The van der Waals surface area contributed by atoms with E-state index in [1.807, 2.05) is 42.2 Å². The van der Waals surface area contributed by atoms with Crippen molar-refractivity contribution in [1.82, 2.24) is 10.1 Å². The lowest BCUT2D eigenvalue weighted by Crippen LogP contribution is -2.34. The maximum atomic E-state index is 12.6. The summed E-state index contributed by atoms with van der Waals surface area (Å²) >= 11 is 0. The van der Waals surface area contributed by atoms with Gasteiger partial charge in [0.2, 0.25) is 0 Å². The van der Waals surface area contributed by atoms with Crippen LogP contribution in [0.15, 0.2) is 34.9 Å². The van der Waals surface area contributed by atoms with Gasteiger partial charge in [0.05, 0.1) is 6.04 Å². The zero-order chi connectivity index (χ0) is 16.4. The molecule has 1 saturated heterocycles. The summed E-state index contributed by atoms with van der Waals surface area (Å²) in [7, 11) is 0. The van der Waals surface area contributed by atoms with Crippen molar-refractivity contribution in [2.75, 3.05) is 11.9 Å². The third kappa shape index (κ3) is 3.38. The molecule has 2 aromatic rings. The number of likely N-dealkylation sites (tertiary alicyclic amines) is 1. The molecular weight excluding hydrogens is 290 g/mol. The second kappa shape index (κ2) is 6.44. The largest absolute Gasteiger partial charge is 0.361 e. The van der Waals surface area contributed by atoms with E-state index in [2.05, 4.69) is 24.3 Å². The van der Waals surface area contributed by atoms with Gasteiger partial charge in [-0.1, -0.05) is 36.7 Å². The number of rotatable bonds is 3. The molecule has 5 nitrogen and oxygen atoms in total. The Bertz CT molecular complexity index is 676. The second-order valence-corrected chi connectivity index (χ2v) is 6.46. The third-order valence-electron chi connectivity index (χ3n) is 4.27. The fourth-order valence-corrected chi connectivity index (χ4v) is 2.88. The molecular formula is C18H23N3O2. The number of hydrogen-bond acceptors (Lipinski definition) is 3. The van der Waals surface area contributed by atoms with Gasteiger partial charge in [-0.05, 0) is 31.9 Å². The van der Waals surface area contributed by atoms with Crippen LogP contribution < -0.4 is 5.32 Å². The van der Waals surface area contributed by atoms with Gasteiger partial charge in [0, 0.05) is 24.2 Å². The van der Waals surface area contributed by atoms with E-state index >= 15 is 0 Å². The highest BCUT2D eigenvalue weighted by atomic mass is 16.5. The van der Waals surface area contributed by atoms with E-state index in [0.29, 0.717) is 5.92 Å². The molecule has 2 heterocycles. The van der Waals surface area contributed by atoms with E-state index < -0.39 is 0 Å². The van der Waals surface area contributed by atoms with Crippen LogP contribution in [0.25, 0.3) is 0 Å². The molecule has 1 unspecified atom stereocenters. The fourth-order valence-electron chi connectivity index (χ4n) is 2.88. The molecule has 0 radical (unpaired) electrons. The van der Waals surface area contributed by atoms with Crippen LogP contribution in [0.3, 0.4) is 0 Å². The molecule has 5 heteroatoms. The van der Waals surface area contributed by atoms with Gasteiger partial charge < -0.3 is 14.7 Å². The number of nitrogens with one attached hydrogen (secondary N) is 1. The Kier molecular flexibility index (Phi) is 4.37. The molecule has 23 heavy (non-hydrogen) atoms. The van der Waals surface area contributed by atoms with Crippen LogP contribution in [0.1, 0.15) is 55.7 Å². The molecule has 1 fully saturated rings. The van der Waals surface area contributed by atoms with Crippen molar-refractivity contribution in [3.8, 4) is 0 Å². The Labute approximate surface area is 136 Å². The Morgan fingerprint density at radius 2 is 2.09 bits per heavy atom. The van der Waals surface area contributed by atoms with Gasteiger partial charge in [0.1, 0.15) is 11.5 Å². The first-order chi connectivity index (χ1) is 11.0. The van der Waals surface area contributed by atoms with Gasteiger partial charge in [0.15, 0.2) is 0 Å². The number of nitrogens with zero attached hydrogens (tertiary/aromatic N) is 2. The summed E-state index contributed by atoms with van der Waals surface area (Å²) < 4.78 is 5.39. The zero-order valence-corrected chi connectivity index (χ0v) is 13.9. The molecule has 2 amide bonds. The number of carbonyl (C=O) groups is 1. The maximum absolute atomic E-state index is 12.6. The van der Waals surface area contributed by atoms with E-state index in [9.17, 15) is 4.79 Å². The SMILES string of the molecule is Cc1ccc(NC(=O)N2CCCC2c2cc(C(C)C)on2)cc1. The first kappa shape index (κ1) is 15.6. The number of carbonyl (C=O) groups excluding carboxylic acids is 1. The Hall–Kier alpha value is -2.30. The van der Waals surface area contributed by atoms with Gasteiger partial charge >= 0.3 is 6.03 Å². The van der Waals surface area contributed by atoms with Crippen LogP contribution in [0.5, 0.6) is 0 Å². The molecule has 1 aliphatic rings. The lowest BCUT2D eigenvalue weighted by molar-refractivity contribution is 0.204. The molecule has 1 aromatic carbocycles. The summed E-state index contributed by atoms with van der Waals surface area (Å²) in [6.07, 6.45) is 1.90. The summed E-state index contributed by atoms with van der Waals surface area (Å²) in [4.78, 5) is 14.4. The third-order valence-corrected chi connectivity index (χ3v) is 4.27. The summed E-state index contributed by atoms with van der Waals surface area (Å²) in [6, 6.07) is 9.72. The number of aryl methyl sites for hydroxylation is 1. The zero-order valence-electron chi connectivity index (χ0n) is 13.9. The standard InChI is InChI=1S/C18H23N3O2/c1-12(2)17-11-15(20-23-17)16-5-4-10-21(16)18(22)19-14-8-6-13(3)7-9-14/h6-9,11-12,16H,4-5,10H2,1-3H3,(H,19,22). The van der Waals surface area contributed by atoms with Crippen molar-refractivity contribution in [2.24, 2.45) is 0 Å². The van der Waals surface area contributed by atoms with Crippen LogP contribution in [-0.2, 0) is 0 Å². The van der Waals surface area contributed by atoms with Gasteiger partial charge in [-0.3, -0.25) is 0 Å². The first-order valence-electron chi connectivity index (χ1n) is 8.15. The van der Waals surface area contributed by atoms with Crippen molar-refractivity contribution in [2.45, 2.75) is 45.6 Å². The van der Waals surface area contributed by atoms with Crippen molar-refractivity contribution in [3.05, 3.63) is 47.3 Å². The number of amides is 2. The minimum absolute atomic E-state index is 0.00306.